The summed E-state index contributed by atoms with van der Waals surface area (Å²) in [5, 5.41) is 2.87. The number of amides is 2. The highest BCUT2D eigenvalue weighted by Crippen LogP contribution is 2.14. The van der Waals surface area contributed by atoms with E-state index in [1.54, 1.807) is 0 Å². The van der Waals surface area contributed by atoms with Crippen LogP contribution in [-0.2, 0) is 6.54 Å². The minimum atomic E-state index is 0.0000208. The van der Waals surface area contributed by atoms with Gasteiger partial charge in [0.1, 0.15) is 5.76 Å². The van der Waals surface area contributed by atoms with Gasteiger partial charge in [-0.3, -0.25) is 0 Å². The average Bonchev–Trinajstić information content (AvgIpc) is 2.58. The number of thioether (sulfide) groups is 1. The predicted octanol–water partition coefficient (Wildman–Crippen LogP) is 2.69. The van der Waals surface area contributed by atoms with Gasteiger partial charge in [0.2, 0.25) is 0 Å². The number of hydrogen-bond acceptors (Lipinski definition) is 3. The van der Waals surface area contributed by atoms with Gasteiger partial charge in [-0.2, -0.15) is 11.8 Å². The molecule has 1 N–H and O–H groups in total. The van der Waals surface area contributed by atoms with Gasteiger partial charge in [0.05, 0.1) is 6.54 Å². The maximum absolute atomic E-state index is 11.9. The van der Waals surface area contributed by atoms with Crippen LogP contribution in [0.5, 0.6) is 0 Å². The van der Waals surface area contributed by atoms with Crippen LogP contribution in [0, 0.1) is 0 Å². The van der Waals surface area contributed by atoms with E-state index in [9.17, 15) is 4.79 Å². The van der Waals surface area contributed by atoms with Crippen LogP contribution in [0.1, 0.15) is 12.2 Å². The van der Waals surface area contributed by atoms with Crippen LogP contribution in [0.25, 0.3) is 0 Å². The van der Waals surface area contributed by atoms with E-state index in [1.807, 2.05) is 28.8 Å². The van der Waals surface area contributed by atoms with Crippen molar-refractivity contribution >= 4 is 33.7 Å². The molecule has 1 saturated heterocycles. The molecule has 94 valence electrons. The smallest absolute Gasteiger partial charge is 0.317 e. The summed E-state index contributed by atoms with van der Waals surface area (Å²) in [7, 11) is 0. The van der Waals surface area contributed by atoms with E-state index in [0.29, 0.717) is 11.2 Å². The highest BCUT2D eigenvalue weighted by atomic mass is 79.9. The molecule has 0 saturated carbocycles. The van der Waals surface area contributed by atoms with Crippen LogP contribution in [0.3, 0.4) is 0 Å². The first-order valence-corrected chi connectivity index (χ1v) is 7.55. The molecule has 0 atom stereocenters. The summed E-state index contributed by atoms with van der Waals surface area (Å²) < 4.78 is 6.01. The zero-order chi connectivity index (χ0) is 12.1. The van der Waals surface area contributed by atoms with Gasteiger partial charge >= 0.3 is 6.03 Å². The SMILES string of the molecule is O=C(NCc1ccc(Br)o1)N1CCCSCC1. The quantitative estimate of drug-likeness (QED) is 0.912. The van der Waals surface area contributed by atoms with Gasteiger partial charge in [-0.25, -0.2) is 4.79 Å². The standard InChI is InChI=1S/C11H15BrN2O2S/c12-10-3-2-9(16-10)8-13-11(15)14-4-1-6-17-7-5-14/h2-3H,1,4-8H2,(H,13,15). The number of furan rings is 1. The summed E-state index contributed by atoms with van der Waals surface area (Å²) in [5.74, 6) is 2.93. The van der Waals surface area contributed by atoms with Crippen LogP contribution in [-0.4, -0.2) is 35.5 Å². The van der Waals surface area contributed by atoms with Crippen molar-refractivity contribution in [2.75, 3.05) is 24.6 Å². The third kappa shape index (κ3) is 3.96. The summed E-state index contributed by atoms with van der Waals surface area (Å²) >= 11 is 5.14. The number of hydrogen-bond donors (Lipinski definition) is 1. The van der Waals surface area contributed by atoms with Gasteiger partial charge in [0, 0.05) is 18.8 Å². The Hall–Kier alpha value is -0.620. The first-order chi connectivity index (χ1) is 8.25. The molecule has 0 spiro atoms. The van der Waals surface area contributed by atoms with E-state index in [4.69, 9.17) is 4.42 Å². The molecular formula is C11H15BrN2O2S. The predicted molar refractivity (Wildman–Crippen MR) is 72.2 cm³/mol. The molecule has 2 amide bonds. The third-order valence-corrected chi connectivity index (χ3v) is 4.03. The molecule has 2 rings (SSSR count). The normalized spacial score (nSPS) is 16.6. The van der Waals surface area contributed by atoms with Crippen molar-refractivity contribution < 1.29 is 9.21 Å². The molecule has 1 aromatic heterocycles. The Morgan fingerprint density at radius 3 is 3.12 bits per heavy atom. The number of rotatable bonds is 2. The zero-order valence-corrected chi connectivity index (χ0v) is 11.8. The van der Waals surface area contributed by atoms with Crippen molar-refractivity contribution in [2.45, 2.75) is 13.0 Å². The Labute approximate surface area is 113 Å². The minimum Gasteiger partial charge on any atom is -0.452 e. The van der Waals surface area contributed by atoms with E-state index in [1.165, 1.54) is 0 Å². The van der Waals surface area contributed by atoms with Crippen LogP contribution in [0.2, 0.25) is 0 Å². The van der Waals surface area contributed by atoms with Gasteiger partial charge < -0.3 is 14.6 Å². The average molecular weight is 319 g/mol. The molecule has 0 bridgehead atoms. The maximum atomic E-state index is 11.9. The fourth-order valence-corrected chi connectivity index (χ4v) is 2.90. The van der Waals surface area contributed by atoms with Crippen molar-refractivity contribution in [3.8, 4) is 0 Å². The van der Waals surface area contributed by atoms with Gasteiger partial charge in [0.25, 0.3) is 0 Å². The van der Waals surface area contributed by atoms with Crippen LogP contribution >= 0.6 is 27.7 Å². The lowest BCUT2D eigenvalue weighted by atomic mass is 10.4. The fourth-order valence-electron chi connectivity index (χ4n) is 1.67. The number of halogens is 1. The molecule has 1 aliphatic heterocycles. The molecular weight excluding hydrogens is 304 g/mol. The lowest BCUT2D eigenvalue weighted by molar-refractivity contribution is 0.200. The molecule has 1 aromatic rings. The summed E-state index contributed by atoms with van der Waals surface area (Å²) in [5.41, 5.74) is 0. The van der Waals surface area contributed by atoms with E-state index >= 15 is 0 Å². The number of urea groups is 1. The Bertz CT molecular complexity index is 375. The molecule has 0 aliphatic carbocycles. The van der Waals surface area contributed by atoms with Gasteiger partial charge in [-0.05, 0) is 40.2 Å². The molecule has 6 heteroatoms. The summed E-state index contributed by atoms with van der Waals surface area (Å²) in [6, 6.07) is 3.67. The topological polar surface area (TPSA) is 45.5 Å². The molecule has 0 radical (unpaired) electrons. The molecule has 0 aromatic carbocycles. The number of carbonyl (C=O) groups is 1. The first kappa shape index (κ1) is 12.8. The lowest BCUT2D eigenvalue weighted by Crippen LogP contribution is -2.40. The van der Waals surface area contributed by atoms with E-state index < -0.39 is 0 Å². The summed E-state index contributed by atoms with van der Waals surface area (Å²) in [4.78, 5) is 13.8. The first-order valence-electron chi connectivity index (χ1n) is 5.60. The second kappa shape index (κ2) is 6.35. The monoisotopic (exact) mass is 318 g/mol. The Morgan fingerprint density at radius 1 is 1.47 bits per heavy atom. The fraction of sp³-hybridized carbons (Fsp3) is 0.545. The molecule has 4 nitrogen and oxygen atoms in total. The molecule has 17 heavy (non-hydrogen) atoms. The second-order valence-electron chi connectivity index (χ2n) is 3.82. The number of carbonyl (C=O) groups excluding carboxylic acids is 1. The number of nitrogens with one attached hydrogen (secondary N) is 1. The highest BCUT2D eigenvalue weighted by Gasteiger charge is 2.15. The Balaban J connectivity index is 1.79. The van der Waals surface area contributed by atoms with Crippen LogP contribution in [0.15, 0.2) is 21.2 Å². The molecule has 0 unspecified atom stereocenters. The maximum Gasteiger partial charge on any atom is 0.317 e. The van der Waals surface area contributed by atoms with E-state index in [0.717, 1.165) is 36.8 Å². The van der Waals surface area contributed by atoms with Crippen molar-refractivity contribution in [2.24, 2.45) is 0 Å². The largest absolute Gasteiger partial charge is 0.452 e. The summed E-state index contributed by atoms with van der Waals surface area (Å²) in [6.45, 7) is 2.12. The van der Waals surface area contributed by atoms with E-state index in [2.05, 4.69) is 21.2 Å². The van der Waals surface area contributed by atoms with Crippen molar-refractivity contribution in [1.29, 1.82) is 0 Å². The lowest BCUT2D eigenvalue weighted by Gasteiger charge is -2.19. The van der Waals surface area contributed by atoms with Crippen molar-refractivity contribution in [3.63, 3.8) is 0 Å². The molecule has 2 heterocycles. The van der Waals surface area contributed by atoms with E-state index in [-0.39, 0.29) is 6.03 Å². The molecule has 1 aliphatic rings. The van der Waals surface area contributed by atoms with Gasteiger partial charge in [-0.15, -0.1) is 0 Å². The Kier molecular flexibility index (Phi) is 4.79. The van der Waals surface area contributed by atoms with Gasteiger partial charge in [0.15, 0.2) is 4.67 Å². The Morgan fingerprint density at radius 2 is 2.35 bits per heavy atom. The van der Waals surface area contributed by atoms with Crippen LogP contribution in [0.4, 0.5) is 4.79 Å². The zero-order valence-electron chi connectivity index (χ0n) is 9.45. The highest BCUT2D eigenvalue weighted by molar-refractivity contribution is 9.10. The third-order valence-electron chi connectivity index (χ3n) is 2.55. The van der Waals surface area contributed by atoms with Crippen molar-refractivity contribution in [1.82, 2.24) is 10.2 Å². The van der Waals surface area contributed by atoms with Crippen molar-refractivity contribution in [3.05, 3.63) is 22.6 Å². The minimum absolute atomic E-state index is 0.0000208. The number of nitrogens with zero attached hydrogens (tertiary/aromatic N) is 1. The summed E-state index contributed by atoms with van der Waals surface area (Å²) in [6.07, 6.45) is 1.07. The van der Waals surface area contributed by atoms with Crippen LogP contribution < -0.4 is 5.32 Å². The van der Waals surface area contributed by atoms with Gasteiger partial charge in [-0.1, -0.05) is 0 Å². The second-order valence-corrected chi connectivity index (χ2v) is 5.82. The molecule has 1 fully saturated rings.